The third kappa shape index (κ3) is 2.37. The lowest BCUT2D eigenvalue weighted by Gasteiger charge is -2.27. The van der Waals surface area contributed by atoms with Crippen LogP contribution in [-0.2, 0) is 6.54 Å². The van der Waals surface area contributed by atoms with Gasteiger partial charge in [0.15, 0.2) is 0 Å². The van der Waals surface area contributed by atoms with Gasteiger partial charge in [-0.05, 0) is 18.6 Å². The van der Waals surface area contributed by atoms with Gasteiger partial charge in [0.2, 0.25) is 0 Å². The lowest BCUT2D eigenvalue weighted by atomic mass is 10.2. The van der Waals surface area contributed by atoms with E-state index in [2.05, 4.69) is 33.6 Å². The van der Waals surface area contributed by atoms with E-state index < -0.39 is 0 Å². The summed E-state index contributed by atoms with van der Waals surface area (Å²) in [5, 5.41) is 0. The summed E-state index contributed by atoms with van der Waals surface area (Å²) in [6, 6.07) is 0. The van der Waals surface area contributed by atoms with Crippen LogP contribution in [0.5, 0.6) is 0 Å². The lowest BCUT2D eigenvalue weighted by Crippen LogP contribution is -2.25. The van der Waals surface area contributed by atoms with Gasteiger partial charge in [0.05, 0.1) is 6.54 Å². The molecule has 0 bridgehead atoms. The summed E-state index contributed by atoms with van der Waals surface area (Å²) in [5.41, 5.74) is 1.20. The van der Waals surface area contributed by atoms with Crippen LogP contribution < -0.4 is 0 Å². The Morgan fingerprint density at radius 2 is 2.53 bits per heavy atom. The maximum absolute atomic E-state index is 4.23. The van der Waals surface area contributed by atoms with Crippen molar-refractivity contribution in [3.05, 3.63) is 54.8 Å². The highest BCUT2D eigenvalue weighted by Crippen LogP contribution is 2.15. The molecule has 0 atom stereocenters. The van der Waals surface area contributed by atoms with E-state index in [0.717, 1.165) is 25.3 Å². The van der Waals surface area contributed by atoms with Crippen LogP contribution >= 0.6 is 0 Å². The third-order valence-electron chi connectivity index (χ3n) is 2.40. The van der Waals surface area contributed by atoms with E-state index >= 15 is 0 Å². The number of aromatic amines is 1. The van der Waals surface area contributed by atoms with Crippen LogP contribution in [0.4, 0.5) is 0 Å². The standard InChI is InChI=1S/C12H15N3/c1-2-5-11-6-3-4-9-15(11)10-12-13-7-8-14-12/h2-3,5-8H,1,4,9-10H2,(H,13,14)/b11-5+. The molecule has 15 heavy (non-hydrogen) atoms. The highest BCUT2D eigenvalue weighted by Gasteiger charge is 2.11. The Balaban J connectivity index is 2.10. The molecule has 0 aliphatic carbocycles. The number of nitrogens with one attached hydrogen (secondary N) is 1. The van der Waals surface area contributed by atoms with Crippen molar-refractivity contribution in [3.8, 4) is 0 Å². The number of hydrogen-bond donors (Lipinski definition) is 1. The predicted octanol–water partition coefficient (Wildman–Crippen LogP) is 2.24. The number of aromatic nitrogens is 2. The normalized spacial score (nSPS) is 18.4. The Kier molecular flexibility index (Phi) is 3.02. The summed E-state index contributed by atoms with van der Waals surface area (Å²) in [4.78, 5) is 9.64. The van der Waals surface area contributed by atoms with Gasteiger partial charge in [-0.3, -0.25) is 0 Å². The molecule has 78 valence electrons. The molecule has 0 unspecified atom stereocenters. The molecular formula is C12H15N3. The molecule has 2 heterocycles. The van der Waals surface area contributed by atoms with Crippen LogP contribution in [0.2, 0.25) is 0 Å². The highest BCUT2D eigenvalue weighted by molar-refractivity contribution is 5.24. The van der Waals surface area contributed by atoms with Gasteiger partial charge in [0, 0.05) is 24.6 Å². The predicted molar refractivity (Wildman–Crippen MR) is 61.0 cm³/mol. The molecule has 3 nitrogen and oxygen atoms in total. The largest absolute Gasteiger partial charge is 0.364 e. The number of nitrogens with zero attached hydrogens (tertiary/aromatic N) is 2. The fourth-order valence-corrected chi connectivity index (χ4v) is 1.69. The van der Waals surface area contributed by atoms with Crippen LogP contribution in [0, 0.1) is 0 Å². The van der Waals surface area contributed by atoms with E-state index in [9.17, 15) is 0 Å². The van der Waals surface area contributed by atoms with Crippen molar-refractivity contribution in [2.45, 2.75) is 13.0 Å². The number of imidazole rings is 1. The number of H-pyrrole nitrogens is 1. The quantitative estimate of drug-likeness (QED) is 0.813. The molecule has 0 aromatic carbocycles. The first-order valence-electron chi connectivity index (χ1n) is 5.12. The Bertz CT molecular complexity index is 374. The molecule has 0 saturated heterocycles. The van der Waals surface area contributed by atoms with Gasteiger partial charge in [-0.15, -0.1) is 0 Å². The summed E-state index contributed by atoms with van der Waals surface area (Å²) < 4.78 is 0. The molecule has 1 aliphatic heterocycles. The van der Waals surface area contributed by atoms with Crippen molar-refractivity contribution < 1.29 is 0 Å². The molecule has 1 aromatic heterocycles. The molecule has 0 saturated carbocycles. The minimum Gasteiger partial charge on any atom is -0.364 e. The van der Waals surface area contributed by atoms with Gasteiger partial charge in [-0.25, -0.2) is 4.98 Å². The Hall–Kier alpha value is -1.77. The van der Waals surface area contributed by atoms with Crippen molar-refractivity contribution in [1.82, 2.24) is 14.9 Å². The lowest BCUT2D eigenvalue weighted by molar-refractivity contribution is 0.337. The minimum atomic E-state index is 0.830. The fourth-order valence-electron chi connectivity index (χ4n) is 1.69. The third-order valence-corrected chi connectivity index (χ3v) is 2.40. The molecule has 0 spiro atoms. The van der Waals surface area contributed by atoms with Crippen LogP contribution in [0.1, 0.15) is 12.2 Å². The maximum Gasteiger partial charge on any atom is 0.125 e. The first-order chi connectivity index (χ1) is 7.40. The van der Waals surface area contributed by atoms with Crippen molar-refractivity contribution in [1.29, 1.82) is 0 Å². The molecule has 1 aliphatic rings. The Labute approximate surface area is 89.8 Å². The van der Waals surface area contributed by atoms with Crippen LogP contribution in [-0.4, -0.2) is 21.4 Å². The molecule has 0 amide bonds. The topological polar surface area (TPSA) is 31.9 Å². The number of allylic oxidation sites excluding steroid dienone is 3. The van der Waals surface area contributed by atoms with Gasteiger partial charge in [-0.2, -0.15) is 0 Å². The van der Waals surface area contributed by atoms with E-state index in [1.54, 1.807) is 6.20 Å². The molecule has 1 N–H and O–H groups in total. The summed E-state index contributed by atoms with van der Waals surface area (Å²) in [6.45, 7) is 5.59. The van der Waals surface area contributed by atoms with E-state index in [1.165, 1.54) is 5.70 Å². The van der Waals surface area contributed by atoms with Crippen molar-refractivity contribution in [2.24, 2.45) is 0 Å². The van der Waals surface area contributed by atoms with Crippen LogP contribution in [0.25, 0.3) is 0 Å². The average molecular weight is 201 g/mol. The second-order valence-electron chi connectivity index (χ2n) is 3.48. The zero-order valence-electron chi connectivity index (χ0n) is 8.69. The number of hydrogen-bond acceptors (Lipinski definition) is 2. The fraction of sp³-hybridized carbons (Fsp3) is 0.250. The summed E-state index contributed by atoms with van der Waals surface area (Å²) >= 11 is 0. The van der Waals surface area contributed by atoms with Gasteiger partial charge in [0.25, 0.3) is 0 Å². The van der Waals surface area contributed by atoms with Gasteiger partial charge < -0.3 is 9.88 Å². The first-order valence-corrected chi connectivity index (χ1v) is 5.12. The SMILES string of the molecule is C=C/C=C1\C=CCCN1Cc1ncc[nH]1. The molecule has 3 heteroatoms. The zero-order valence-corrected chi connectivity index (χ0v) is 8.69. The first kappa shape index (κ1) is 9.77. The monoisotopic (exact) mass is 201 g/mol. The van der Waals surface area contributed by atoms with Crippen LogP contribution in [0.3, 0.4) is 0 Å². The Morgan fingerprint density at radius 1 is 1.60 bits per heavy atom. The highest BCUT2D eigenvalue weighted by atomic mass is 15.2. The summed E-state index contributed by atoms with van der Waals surface area (Å²) in [5.74, 6) is 1.00. The molecular weight excluding hydrogens is 186 g/mol. The van der Waals surface area contributed by atoms with Crippen molar-refractivity contribution >= 4 is 0 Å². The summed E-state index contributed by atoms with van der Waals surface area (Å²) in [7, 11) is 0. The van der Waals surface area contributed by atoms with E-state index in [-0.39, 0.29) is 0 Å². The molecule has 1 aromatic rings. The maximum atomic E-state index is 4.23. The van der Waals surface area contributed by atoms with E-state index in [1.807, 2.05) is 18.3 Å². The van der Waals surface area contributed by atoms with Gasteiger partial charge in [0.1, 0.15) is 5.82 Å². The van der Waals surface area contributed by atoms with Crippen molar-refractivity contribution in [2.75, 3.05) is 6.54 Å². The number of rotatable bonds is 3. The Morgan fingerprint density at radius 3 is 3.27 bits per heavy atom. The molecule has 2 rings (SSSR count). The summed E-state index contributed by atoms with van der Waals surface area (Å²) in [6.07, 6.45) is 12.9. The zero-order chi connectivity index (χ0) is 10.5. The second kappa shape index (κ2) is 4.64. The van der Waals surface area contributed by atoms with Crippen molar-refractivity contribution in [3.63, 3.8) is 0 Å². The average Bonchev–Trinajstić information content (AvgIpc) is 2.74. The smallest absolute Gasteiger partial charge is 0.125 e. The van der Waals surface area contributed by atoms with E-state index in [4.69, 9.17) is 0 Å². The minimum absolute atomic E-state index is 0.830. The second-order valence-corrected chi connectivity index (χ2v) is 3.48. The van der Waals surface area contributed by atoms with Gasteiger partial charge >= 0.3 is 0 Å². The van der Waals surface area contributed by atoms with Crippen LogP contribution in [0.15, 0.2) is 49.0 Å². The van der Waals surface area contributed by atoms with Gasteiger partial charge in [-0.1, -0.05) is 18.7 Å². The van der Waals surface area contributed by atoms with E-state index in [0.29, 0.717) is 0 Å². The molecule has 0 radical (unpaired) electrons. The molecule has 0 fully saturated rings.